The van der Waals surface area contributed by atoms with Crippen LogP contribution < -0.4 is 10.1 Å². The Labute approximate surface area is 142 Å². The van der Waals surface area contributed by atoms with E-state index in [1.807, 2.05) is 7.05 Å². The molecular formula is C18H21NO4S. The van der Waals surface area contributed by atoms with Crippen LogP contribution in [0.5, 0.6) is 5.75 Å². The van der Waals surface area contributed by atoms with Gasteiger partial charge in [-0.15, -0.1) is 0 Å². The van der Waals surface area contributed by atoms with Crippen molar-refractivity contribution in [3.8, 4) is 5.75 Å². The van der Waals surface area contributed by atoms with Gasteiger partial charge in [0.1, 0.15) is 11.9 Å². The summed E-state index contributed by atoms with van der Waals surface area (Å²) < 4.78 is 31.4. The van der Waals surface area contributed by atoms with E-state index < -0.39 is 15.4 Å². The summed E-state index contributed by atoms with van der Waals surface area (Å²) in [6.45, 7) is 2.30. The van der Waals surface area contributed by atoms with Crippen molar-refractivity contribution >= 4 is 9.84 Å². The molecule has 2 N–H and O–H groups in total. The van der Waals surface area contributed by atoms with Crippen LogP contribution in [0.4, 0.5) is 0 Å². The lowest BCUT2D eigenvalue weighted by molar-refractivity contribution is -0.0150. The standard InChI is InChI=1S/C18H21NO4S/c1-18(20)11-13(12-19-2)23-17-10-15(8-9-16(17)18)24(21,22)14-6-4-3-5-7-14/h3-10,13,19-20H,11-12H2,1-2H3. The van der Waals surface area contributed by atoms with Gasteiger partial charge >= 0.3 is 0 Å². The van der Waals surface area contributed by atoms with Crippen LogP contribution >= 0.6 is 0 Å². The third kappa shape index (κ3) is 3.05. The summed E-state index contributed by atoms with van der Waals surface area (Å²) in [6.07, 6.45) is 0.234. The molecule has 2 aromatic rings. The summed E-state index contributed by atoms with van der Waals surface area (Å²) in [4.78, 5) is 0.396. The molecule has 0 aliphatic carbocycles. The van der Waals surface area contributed by atoms with Gasteiger partial charge in [0, 0.05) is 18.5 Å². The van der Waals surface area contributed by atoms with Crippen LogP contribution in [0.1, 0.15) is 18.9 Å². The maximum Gasteiger partial charge on any atom is 0.206 e. The minimum Gasteiger partial charge on any atom is -0.489 e. The molecule has 0 fully saturated rings. The Hall–Kier alpha value is -1.89. The molecule has 2 aromatic carbocycles. The highest BCUT2D eigenvalue weighted by molar-refractivity contribution is 7.91. The number of fused-ring (bicyclic) bond motifs is 1. The van der Waals surface area contributed by atoms with Crippen LogP contribution in [0.2, 0.25) is 0 Å². The molecule has 3 rings (SSSR count). The SMILES string of the molecule is CNCC1CC(C)(O)c2ccc(S(=O)(=O)c3ccccc3)cc2O1. The minimum absolute atomic E-state index is 0.161. The number of rotatable bonds is 4. The summed E-state index contributed by atoms with van der Waals surface area (Å²) in [5, 5.41) is 13.7. The lowest BCUT2D eigenvalue weighted by atomic mass is 9.87. The van der Waals surface area contributed by atoms with Crippen LogP contribution in [0.25, 0.3) is 0 Å². The summed E-state index contributed by atoms with van der Waals surface area (Å²) in [6, 6.07) is 13.0. The van der Waals surface area contributed by atoms with Gasteiger partial charge in [-0.05, 0) is 38.2 Å². The number of nitrogens with one attached hydrogen (secondary N) is 1. The highest BCUT2D eigenvalue weighted by atomic mass is 32.2. The molecule has 2 atom stereocenters. The van der Waals surface area contributed by atoms with E-state index in [4.69, 9.17) is 4.74 Å². The largest absolute Gasteiger partial charge is 0.489 e. The molecule has 1 aliphatic heterocycles. The van der Waals surface area contributed by atoms with E-state index in [1.165, 1.54) is 12.1 Å². The van der Waals surface area contributed by atoms with Gasteiger partial charge in [0.2, 0.25) is 9.84 Å². The van der Waals surface area contributed by atoms with Crippen molar-refractivity contribution in [2.75, 3.05) is 13.6 Å². The number of likely N-dealkylation sites (N-methyl/N-ethyl adjacent to an activating group) is 1. The number of hydrogen-bond donors (Lipinski definition) is 2. The molecule has 5 nitrogen and oxygen atoms in total. The van der Waals surface area contributed by atoms with E-state index in [1.54, 1.807) is 43.3 Å². The Morgan fingerprint density at radius 1 is 1.21 bits per heavy atom. The summed E-state index contributed by atoms with van der Waals surface area (Å²) >= 11 is 0. The molecule has 1 heterocycles. The monoisotopic (exact) mass is 347 g/mol. The van der Waals surface area contributed by atoms with Crippen LogP contribution in [0.3, 0.4) is 0 Å². The van der Waals surface area contributed by atoms with Gasteiger partial charge in [-0.25, -0.2) is 8.42 Å². The number of benzene rings is 2. The quantitative estimate of drug-likeness (QED) is 0.886. The van der Waals surface area contributed by atoms with Crippen LogP contribution in [0, 0.1) is 0 Å². The first kappa shape index (κ1) is 17.0. The summed E-state index contributed by atoms with van der Waals surface area (Å²) in [5.41, 5.74) is -0.439. The molecule has 0 aromatic heterocycles. The number of hydrogen-bond acceptors (Lipinski definition) is 5. The van der Waals surface area contributed by atoms with E-state index in [-0.39, 0.29) is 15.9 Å². The maximum absolute atomic E-state index is 12.8. The number of sulfone groups is 1. The molecule has 6 heteroatoms. The zero-order valence-corrected chi connectivity index (χ0v) is 14.5. The molecule has 24 heavy (non-hydrogen) atoms. The highest BCUT2D eigenvalue weighted by Gasteiger charge is 2.36. The third-order valence-electron chi connectivity index (χ3n) is 4.25. The Balaban J connectivity index is 2.04. The van der Waals surface area contributed by atoms with Crippen molar-refractivity contribution in [1.82, 2.24) is 5.32 Å². The van der Waals surface area contributed by atoms with E-state index in [9.17, 15) is 13.5 Å². The normalized spacial score (nSPS) is 23.4. The van der Waals surface area contributed by atoms with Crippen molar-refractivity contribution < 1.29 is 18.3 Å². The topological polar surface area (TPSA) is 75.6 Å². The van der Waals surface area contributed by atoms with Crippen molar-refractivity contribution in [2.45, 2.75) is 34.8 Å². The maximum atomic E-state index is 12.8. The molecular weight excluding hydrogens is 326 g/mol. The zero-order chi connectivity index (χ0) is 17.4. The second-order valence-electron chi connectivity index (χ2n) is 6.25. The fraction of sp³-hybridized carbons (Fsp3) is 0.333. The lowest BCUT2D eigenvalue weighted by Crippen LogP contribution is -2.41. The zero-order valence-electron chi connectivity index (χ0n) is 13.7. The van der Waals surface area contributed by atoms with E-state index >= 15 is 0 Å². The Morgan fingerprint density at radius 3 is 2.58 bits per heavy atom. The highest BCUT2D eigenvalue weighted by Crippen LogP contribution is 2.40. The van der Waals surface area contributed by atoms with Gasteiger partial charge in [0.05, 0.1) is 15.4 Å². The predicted molar refractivity (Wildman–Crippen MR) is 90.9 cm³/mol. The molecule has 2 unspecified atom stereocenters. The number of aliphatic hydroxyl groups is 1. The van der Waals surface area contributed by atoms with Gasteiger partial charge in [-0.2, -0.15) is 0 Å². The lowest BCUT2D eigenvalue weighted by Gasteiger charge is -2.36. The molecule has 0 saturated carbocycles. The van der Waals surface area contributed by atoms with Crippen molar-refractivity contribution in [2.24, 2.45) is 0 Å². The number of ether oxygens (including phenoxy) is 1. The summed E-state index contributed by atoms with van der Waals surface area (Å²) in [7, 11) is -1.81. The average Bonchev–Trinajstić information content (AvgIpc) is 2.55. The molecule has 0 spiro atoms. The average molecular weight is 347 g/mol. The summed E-state index contributed by atoms with van der Waals surface area (Å²) in [5.74, 6) is 0.420. The van der Waals surface area contributed by atoms with E-state index in [0.717, 1.165) is 0 Å². The fourth-order valence-corrected chi connectivity index (χ4v) is 4.36. The van der Waals surface area contributed by atoms with E-state index in [0.29, 0.717) is 24.3 Å². The van der Waals surface area contributed by atoms with Crippen molar-refractivity contribution in [3.63, 3.8) is 0 Å². The Bertz CT molecular complexity index is 831. The Kier molecular flexibility index (Phi) is 4.38. The third-order valence-corrected chi connectivity index (χ3v) is 6.02. The van der Waals surface area contributed by atoms with E-state index in [2.05, 4.69) is 5.32 Å². The molecule has 0 saturated heterocycles. The van der Waals surface area contributed by atoms with Crippen molar-refractivity contribution in [3.05, 3.63) is 54.1 Å². The predicted octanol–water partition coefficient (Wildman–Crippen LogP) is 2.10. The minimum atomic E-state index is -3.62. The van der Waals surface area contributed by atoms with Crippen LogP contribution in [0.15, 0.2) is 58.3 Å². The second kappa shape index (κ2) is 6.20. The molecule has 128 valence electrons. The molecule has 0 amide bonds. The molecule has 0 radical (unpaired) electrons. The first-order chi connectivity index (χ1) is 11.3. The Morgan fingerprint density at radius 2 is 1.92 bits per heavy atom. The van der Waals surface area contributed by atoms with Gasteiger partial charge in [-0.3, -0.25) is 0 Å². The van der Waals surface area contributed by atoms with Gasteiger partial charge in [-0.1, -0.05) is 24.3 Å². The van der Waals surface area contributed by atoms with Crippen LogP contribution in [-0.4, -0.2) is 33.2 Å². The van der Waals surface area contributed by atoms with Gasteiger partial charge < -0.3 is 15.2 Å². The first-order valence-electron chi connectivity index (χ1n) is 7.83. The van der Waals surface area contributed by atoms with Gasteiger partial charge in [0.25, 0.3) is 0 Å². The molecule has 0 bridgehead atoms. The smallest absolute Gasteiger partial charge is 0.206 e. The van der Waals surface area contributed by atoms with Crippen LogP contribution in [-0.2, 0) is 15.4 Å². The van der Waals surface area contributed by atoms with Gasteiger partial charge in [0.15, 0.2) is 0 Å². The van der Waals surface area contributed by atoms with Crippen molar-refractivity contribution in [1.29, 1.82) is 0 Å². The molecule has 1 aliphatic rings. The first-order valence-corrected chi connectivity index (χ1v) is 9.31. The fourth-order valence-electron chi connectivity index (χ4n) is 3.06. The second-order valence-corrected chi connectivity index (χ2v) is 8.20.